The molecule has 0 aromatic carbocycles. The molecular weight excluding hydrogens is 280 g/mol. The van der Waals surface area contributed by atoms with Gasteiger partial charge in [-0.2, -0.15) is 4.31 Å². The smallest absolute Gasteiger partial charge is 0.298 e. The average Bonchev–Trinajstić information content (AvgIpc) is 2.87. The van der Waals surface area contributed by atoms with Gasteiger partial charge in [0.2, 0.25) is 10.0 Å². The van der Waals surface area contributed by atoms with Crippen LogP contribution in [0.1, 0.15) is 19.8 Å². The van der Waals surface area contributed by atoms with Crippen molar-refractivity contribution in [3.8, 4) is 11.8 Å². The van der Waals surface area contributed by atoms with Crippen LogP contribution in [-0.4, -0.2) is 68.2 Å². The summed E-state index contributed by atoms with van der Waals surface area (Å²) >= 11 is 0. The standard InChI is InChI=1S/C13H20N2O4S/c1-11-10-14(20(2,17)18)7-8-15(11)13(16)6-5-12-4-3-9-19-12/h11-12H,3-4,7-10H2,1-2H3. The minimum atomic E-state index is -3.19. The number of sulfonamides is 1. The van der Waals surface area contributed by atoms with E-state index in [0.717, 1.165) is 12.8 Å². The van der Waals surface area contributed by atoms with Gasteiger partial charge in [-0.15, -0.1) is 0 Å². The largest absolute Gasteiger partial charge is 0.366 e. The summed E-state index contributed by atoms with van der Waals surface area (Å²) < 4.78 is 29.7. The van der Waals surface area contributed by atoms with Crippen LogP contribution in [0.4, 0.5) is 0 Å². The SMILES string of the molecule is CC1CN(S(C)(=O)=O)CCN1C(=O)C#CC1CCCO1. The summed E-state index contributed by atoms with van der Waals surface area (Å²) in [5.74, 6) is 5.22. The molecule has 0 radical (unpaired) electrons. The Morgan fingerprint density at radius 1 is 1.35 bits per heavy atom. The molecule has 6 nitrogen and oxygen atoms in total. The Bertz CT molecular complexity index is 528. The second-order valence-corrected chi connectivity index (χ2v) is 7.22. The van der Waals surface area contributed by atoms with Gasteiger partial charge in [0, 0.05) is 32.3 Å². The molecule has 0 N–H and O–H groups in total. The Labute approximate surface area is 120 Å². The highest BCUT2D eigenvalue weighted by molar-refractivity contribution is 7.88. The lowest BCUT2D eigenvalue weighted by Crippen LogP contribution is -2.54. The summed E-state index contributed by atoms with van der Waals surface area (Å²) in [6, 6.07) is -0.162. The van der Waals surface area contributed by atoms with E-state index in [2.05, 4.69) is 11.8 Å². The van der Waals surface area contributed by atoms with E-state index in [1.807, 2.05) is 6.92 Å². The molecule has 20 heavy (non-hydrogen) atoms. The minimum absolute atomic E-state index is 0.133. The van der Waals surface area contributed by atoms with Crippen LogP contribution in [-0.2, 0) is 19.6 Å². The summed E-state index contributed by atoms with van der Waals surface area (Å²) in [7, 11) is -3.19. The zero-order chi connectivity index (χ0) is 14.8. The van der Waals surface area contributed by atoms with Crippen LogP contribution in [0.25, 0.3) is 0 Å². The summed E-state index contributed by atoms with van der Waals surface area (Å²) in [6.45, 7) is 3.58. The molecule has 0 bridgehead atoms. The fourth-order valence-electron chi connectivity index (χ4n) is 2.43. The maximum atomic E-state index is 12.1. The second-order valence-electron chi connectivity index (χ2n) is 5.24. The number of hydrogen-bond acceptors (Lipinski definition) is 4. The number of piperazine rings is 1. The molecule has 2 aliphatic rings. The number of ether oxygens (including phenoxy) is 1. The average molecular weight is 300 g/mol. The maximum Gasteiger partial charge on any atom is 0.298 e. The highest BCUT2D eigenvalue weighted by atomic mass is 32.2. The molecule has 2 rings (SSSR count). The normalized spacial score (nSPS) is 28.0. The van der Waals surface area contributed by atoms with Crippen LogP contribution < -0.4 is 0 Å². The molecule has 0 aromatic rings. The molecule has 1 amide bonds. The van der Waals surface area contributed by atoms with Crippen molar-refractivity contribution in [2.24, 2.45) is 0 Å². The third-order valence-corrected chi connectivity index (χ3v) is 4.86. The van der Waals surface area contributed by atoms with Crippen molar-refractivity contribution in [3.63, 3.8) is 0 Å². The fraction of sp³-hybridized carbons (Fsp3) is 0.769. The zero-order valence-corrected chi connectivity index (χ0v) is 12.6. The van der Waals surface area contributed by atoms with Crippen LogP contribution in [0.15, 0.2) is 0 Å². The molecule has 2 saturated heterocycles. The lowest BCUT2D eigenvalue weighted by atomic mass is 10.2. The Balaban J connectivity index is 1.95. The summed E-state index contributed by atoms with van der Waals surface area (Å²) in [5.41, 5.74) is 0. The Kier molecular flexibility index (Phi) is 4.68. The molecule has 112 valence electrons. The second kappa shape index (κ2) is 6.12. The van der Waals surface area contributed by atoms with Gasteiger partial charge in [0.25, 0.3) is 5.91 Å². The van der Waals surface area contributed by atoms with Crippen LogP contribution in [0.2, 0.25) is 0 Å². The maximum absolute atomic E-state index is 12.1. The first-order chi connectivity index (χ1) is 9.38. The van der Waals surface area contributed by atoms with E-state index < -0.39 is 10.0 Å². The van der Waals surface area contributed by atoms with Crippen LogP contribution in [0, 0.1) is 11.8 Å². The van der Waals surface area contributed by atoms with E-state index in [1.54, 1.807) is 4.90 Å². The number of amides is 1. The first-order valence-corrected chi connectivity index (χ1v) is 8.61. The van der Waals surface area contributed by atoms with Gasteiger partial charge >= 0.3 is 0 Å². The lowest BCUT2D eigenvalue weighted by Gasteiger charge is -2.37. The molecular formula is C13H20N2O4S. The van der Waals surface area contributed by atoms with Crippen molar-refractivity contribution >= 4 is 15.9 Å². The molecule has 2 aliphatic heterocycles. The van der Waals surface area contributed by atoms with E-state index in [4.69, 9.17) is 4.74 Å². The Morgan fingerprint density at radius 2 is 2.10 bits per heavy atom. The van der Waals surface area contributed by atoms with Crippen molar-refractivity contribution in [1.82, 2.24) is 9.21 Å². The van der Waals surface area contributed by atoms with Crippen molar-refractivity contribution in [2.45, 2.75) is 31.9 Å². The third-order valence-electron chi connectivity index (χ3n) is 3.59. The van der Waals surface area contributed by atoms with Gasteiger partial charge in [-0.25, -0.2) is 8.42 Å². The van der Waals surface area contributed by atoms with Gasteiger partial charge < -0.3 is 9.64 Å². The van der Waals surface area contributed by atoms with Crippen LogP contribution in [0.3, 0.4) is 0 Å². The highest BCUT2D eigenvalue weighted by Gasteiger charge is 2.30. The van der Waals surface area contributed by atoms with Crippen molar-refractivity contribution in [2.75, 3.05) is 32.5 Å². The predicted molar refractivity (Wildman–Crippen MR) is 74.3 cm³/mol. The van der Waals surface area contributed by atoms with E-state index in [-0.39, 0.29) is 18.1 Å². The summed E-state index contributed by atoms with van der Waals surface area (Å²) in [5, 5.41) is 0. The van der Waals surface area contributed by atoms with E-state index in [0.29, 0.717) is 26.2 Å². The van der Waals surface area contributed by atoms with Crippen LogP contribution >= 0.6 is 0 Å². The van der Waals surface area contributed by atoms with Gasteiger partial charge in [-0.3, -0.25) is 4.79 Å². The monoisotopic (exact) mass is 300 g/mol. The Hall–Kier alpha value is -1.10. The third kappa shape index (κ3) is 3.72. The first kappa shape index (κ1) is 15.3. The van der Waals surface area contributed by atoms with Crippen molar-refractivity contribution < 1.29 is 17.9 Å². The summed E-state index contributed by atoms with van der Waals surface area (Å²) in [6.07, 6.45) is 2.91. The molecule has 0 spiro atoms. The lowest BCUT2D eigenvalue weighted by molar-refractivity contribution is -0.128. The Morgan fingerprint density at radius 3 is 2.65 bits per heavy atom. The van der Waals surface area contributed by atoms with Crippen molar-refractivity contribution in [3.05, 3.63) is 0 Å². The minimum Gasteiger partial charge on any atom is -0.366 e. The quantitative estimate of drug-likeness (QED) is 0.622. The van der Waals surface area contributed by atoms with E-state index >= 15 is 0 Å². The fourth-order valence-corrected chi connectivity index (χ4v) is 3.33. The van der Waals surface area contributed by atoms with Gasteiger partial charge in [-0.1, -0.05) is 5.92 Å². The number of rotatable bonds is 1. The zero-order valence-electron chi connectivity index (χ0n) is 11.8. The number of carbonyl (C=O) groups is 1. The van der Waals surface area contributed by atoms with Gasteiger partial charge in [0.05, 0.1) is 6.26 Å². The van der Waals surface area contributed by atoms with E-state index in [9.17, 15) is 13.2 Å². The number of carbonyl (C=O) groups excluding carboxylic acids is 1. The molecule has 7 heteroatoms. The van der Waals surface area contributed by atoms with Gasteiger partial charge in [0.15, 0.2) is 0 Å². The van der Waals surface area contributed by atoms with Gasteiger partial charge in [-0.05, 0) is 25.7 Å². The molecule has 2 fully saturated rings. The summed E-state index contributed by atoms with van der Waals surface area (Å²) in [4.78, 5) is 13.7. The molecule has 2 heterocycles. The molecule has 0 aromatic heterocycles. The predicted octanol–water partition coefficient (Wildman–Crippen LogP) is -0.339. The van der Waals surface area contributed by atoms with Crippen LogP contribution in [0.5, 0.6) is 0 Å². The van der Waals surface area contributed by atoms with Gasteiger partial charge in [0.1, 0.15) is 6.10 Å². The molecule has 2 unspecified atom stereocenters. The highest BCUT2D eigenvalue weighted by Crippen LogP contribution is 2.13. The number of hydrogen-bond donors (Lipinski definition) is 0. The molecule has 0 saturated carbocycles. The topological polar surface area (TPSA) is 66.9 Å². The van der Waals surface area contributed by atoms with Crippen molar-refractivity contribution in [1.29, 1.82) is 0 Å². The molecule has 0 aliphatic carbocycles. The number of nitrogens with zero attached hydrogens (tertiary/aromatic N) is 2. The molecule has 2 atom stereocenters. The van der Waals surface area contributed by atoms with E-state index in [1.165, 1.54) is 10.6 Å². The first-order valence-electron chi connectivity index (χ1n) is 6.77.